The molecule has 0 aromatic carbocycles. The molecular weight excluding hydrogens is 363 g/mol. The van der Waals surface area contributed by atoms with Crippen LogP contribution in [0.1, 0.15) is 78.1 Å². The molecule has 0 spiro atoms. The Hall–Kier alpha value is -0.0200. The van der Waals surface area contributed by atoms with Crippen molar-refractivity contribution >= 4 is 24.8 Å². The molecule has 0 bridgehead atoms. The monoisotopic (exact) mass is 404 g/mol. The van der Waals surface area contributed by atoms with Crippen LogP contribution in [0.5, 0.6) is 0 Å². The maximum absolute atomic E-state index is 2.63. The Kier molecular flexibility index (Phi) is 16.0. The number of halogens is 2. The van der Waals surface area contributed by atoms with Gasteiger partial charge in [0.2, 0.25) is 0 Å². The molecule has 0 unspecified atom stereocenters. The van der Waals surface area contributed by atoms with Crippen LogP contribution in [0.3, 0.4) is 0 Å². The van der Waals surface area contributed by atoms with Gasteiger partial charge in [-0.15, -0.1) is 24.8 Å². The van der Waals surface area contributed by atoms with Crippen molar-refractivity contribution in [3.05, 3.63) is 23.3 Å². The van der Waals surface area contributed by atoms with E-state index in [1.807, 2.05) is 0 Å². The average Bonchev–Trinajstić information content (AvgIpc) is 2.57. The molecule has 2 rings (SSSR count). The minimum absolute atomic E-state index is 0. The van der Waals surface area contributed by atoms with Crippen LogP contribution in [0.25, 0.3) is 0 Å². The molecule has 0 saturated carbocycles. The lowest BCUT2D eigenvalue weighted by Crippen LogP contribution is -2.30. The second-order valence-electron chi connectivity index (χ2n) is 8.06. The summed E-state index contributed by atoms with van der Waals surface area (Å²) in [5.74, 6) is 0. The standard InChI is InChI=1S/C22H40N2.2ClH/c1-21-13-11-17-23(19-21)15-9-7-5-3-4-6-8-10-16-24-18-12-14-22(2)20-24;;/h13-14H,3-12,15-20H2,1-2H3;2*1H. The van der Waals surface area contributed by atoms with Gasteiger partial charge in [0.1, 0.15) is 0 Å². The summed E-state index contributed by atoms with van der Waals surface area (Å²) < 4.78 is 0. The molecule has 2 nitrogen and oxygen atoms in total. The van der Waals surface area contributed by atoms with E-state index in [1.54, 1.807) is 11.1 Å². The second-order valence-corrected chi connectivity index (χ2v) is 8.06. The van der Waals surface area contributed by atoms with Crippen LogP contribution in [0.4, 0.5) is 0 Å². The first-order valence-electron chi connectivity index (χ1n) is 10.5. The zero-order chi connectivity index (χ0) is 17.0. The summed E-state index contributed by atoms with van der Waals surface area (Å²) in [7, 11) is 0. The van der Waals surface area contributed by atoms with E-state index < -0.39 is 0 Å². The Morgan fingerprint density at radius 1 is 0.615 bits per heavy atom. The van der Waals surface area contributed by atoms with Crippen LogP contribution >= 0.6 is 24.8 Å². The Morgan fingerprint density at radius 3 is 1.31 bits per heavy atom. The highest BCUT2D eigenvalue weighted by atomic mass is 35.5. The number of nitrogens with zero attached hydrogens (tertiary/aromatic N) is 2. The lowest BCUT2D eigenvalue weighted by Gasteiger charge is -2.25. The van der Waals surface area contributed by atoms with Crippen molar-refractivity contribution in [3.63, 3.8) is 0 Å². The maximum atomic E-state index is 2.63. The highest BCUT2D eigenvalue weighted by Crippen LogP contribution is 2.13. The van der Waals surface area contributed by atoms with Crippen LogP contribution < -0.4 is 0 Å². The molecular formula is C22H42Cl2N2. The number of hydrogen-bond donors (Lipinski definition) is 0. The first kappa shape index (κ1) is 26.0. The number of rotatable bonds is 11. The summed E-state index contributed by atoms with van der Waals surface area (Å²) in [6.07, 6.45) is 18.8. The van der Waals surface area contributed by atoms with Gasteiger partial charge in [-0.2, -0.15) is 0 Å². The SMILES string of the molecule is CC1=CCCN(CCCCCCCCCCN2CCC=C(C)C2)C1.Cl.Cl. The van der Waals surface area contributed by atoms with Gasteiger partial charge in [0.05, 0.1) is 0 Å². The quantitative estimate of drug-likeness (QED) is 0.296. The Morgan fingerprint density at radius 2 is 0.962 bits per heavy atom. The molecule has 0 saturated heterocycles. The molecule has 26 heavy (non-hydrogen) atoms. The molecule has 0 atom stereocenters. The Labute approximate surface area is 175 Å². The second kappa shape index (κ2) is 16.0. The normalized spacial score (nSPS) is 18.5. The minimum atomic E-state index is 0. The summed E-state index contributed by atoms with van der Waals surface area (Å²) >= 11 is 0. The minimum Gasteiger partial charge on any atom is -0.299 e. The summed E-state index contributed by atoms with van der Waals surface area (Å²) in [6, 6.07) is 0. The molecule has 0 aliphatic carbocycles. The van der Waals surface area contributed by atoms with Gasteiger partial charge in [-0.1, -0.05) is 61.8 Å². The molecule has 0 aromatic rings. The van der Waals surface area contributed by atoms with Crippen molar-refractivity contribution in [2.45, 2.75) is 78.1 Å². The Bertz CT molecular complexity index is 369. The molecule has 0 N–H and O–H groups in total. The molecule has 4 heteroatoms. The molecule has 0 aromatic heterocycles. The molecule has 0 fully saturated rings. The van der Waals surface area contributed by atoms with Gasteiger partial charge in [0, 0.05) is 26.2 Å². The molecule has 0 amide bonds. The zero-order valence-electron chi connectivity index (χ0n) is 17.2. The van der Waals surface area contributed by atoms with Gasteiger partial charge in [-0.25, -0.2) is 0 Å². The maximum Gasteiger partial charge on any atom is 0.0190 e. The topological polar surface area (TPSA) is 6.48 Å². The smallest absolute Gasteiger partial charge is 0.0190 e. The van der Waals surface area contributed by atoms with E-state index >= 15 is 0 Å². The van der Waals surface area contributed by atoms with Crippen molar-refractivity contribution in [2.24, 2.45) is 0 Å². The van der Waals surface area contributed by atoms with Crippen LogP contribution in [-0.4, -0.2) is 49.1 Å². The van der Waals surface area contributed by atoms with Gasteiger partial charge in [0.25, 0.3) is 0 Å². The van der Waals surface area contributed by atoms with Crippen molar-refractivity contribution in [1.82, 2.24) is 9.80 Å². The highest BCUT2D eigenvalue weighted by molar-refractivity contribution is 5.85. The fraction of sp³-hybridized carbons (Fsp3) is 0.818. The number of hydrogen-bond acceptors (Lipinski definition) is 2. The third-order valence-corrected chi connectivity index (χ3v) is 5.52. The van der Waals surface area contributed by atoms with E-state index in [0.29, 0.717) is 0 Å². The average molecular weight is 405 g/mol. The highest BCUT2D eigenvalue weighted by Gasteiger charge is 2.09. The lowest BCUT2D eigenvalue weighted by molar-refractivity contribution is 0.280. The first-order chi connectivity index (χ1) is 11.7. The molecule has 2 heterocycles. The van der Waals surface area contributed by atoms with E-state index in [2.05, 4.69) is 35.8 Å². The van der Waals surface area contributed by atoms with Gasteiger partial charge < -0.3 is 0 Å². The fourth-order valence-corrected chi connectivity index (χ4v) is 4.09. The molecule has 2 aliphatic rings. The largest absolute Gasteiger partial charge is 0.299 e. The van der Waals surface area contributed by atoms with Gasteiger partial charge in [0.15, 0.2) is 0 Å². The third kappa shape index (κ3) is 11.6. The van der Waals surface area contributed by atoms with E-state index in [1.165, 1.54) is 103 Å². The number of unbranched alkanes of at least 4 members (excludes halogenated alkanes) is 7. The molecule has 0 radical (unpaired) electrons. The molecule has 154 valence electrons. The third-order valence-electron chi connectivity index (χ3n) is 5.52. The fourth-order valence-electron chi connectivity index (χ4n) is 4.09. The van der Waals surface area contributed by atoms with E-state index in [0.717, 1.165) is 0 Å². The summed E-state index contributed by atoms with van der Waals surface area (Å²) in [6.45, 7) is 12.2. The van der Waals surface area contributed by atoms with E-state index in [-0.39, 0.29) is 24.8 Å². The van der Waals surface area contributed by atoms with Crippen molar-refractivity contribution < 1.29 is 0 Å². The van der Waals surface area contributed by atoms with Gasteiger partial charge in [-0.05, 0) is 52.6 Å². The van der Waals surface area contributed by atoms with E-state index in [4.69, 9.17) is 0 Å². The van der Waals surface area contributed by atoms with Gasteiger partial charge >= 0.3 is 0 Å². The van der Waals surface area contributed by atoms with Gasteiger partial charge in [-0.3, -0.25) is 9.80 Å². The molecule has 2 aliphatic heterocycles. The van der Waals surface area contributed by atoms with Crippen LogP contribution in [0, 0.1) is 0 Å². The van der Waals surface area contributed by atoms with Crippen LogP contribution in [-0.2, 0) is 0 Å². The van der Waals surface area contributed by atoms with Crippen molar-refractivity contribution in [3.8, 4) is 0 Å². The summed E-state index contributed by atoms with van der Waals surface area (Å²) in [5, 5.41) is 0. The zero-order valence-corrected chi connectivity index (χ0v) is 18.8. The predicted octanol–water partition coefficient (Wildman–Crippen LogP) is 6.25. The van der Waals surface area contributed by atoms with Crippen LogP contribution in [0.15, 0.2) is 23.3 Å². The van der Waals surface area contributed by atoms with E-state index in [9.17, 15) is 0 Å². The van der Waals surface area contributed by atoms with Crippen molar-refractivity contribution in [1.29, 1.82) is 0 Å². The Balaban J connectivity index is 0.00000312. The van der Waals surface area contributed by atoms with Crippen molar-refractivity contribution in [2.75, 3.05) is 39.3 Å². The summed E-state index contributed by atoms with van der Waals surface area (Å²) in [5.41, 5.74) is 3.13. The lowest BCUT2D eigenvalue weighted by atomic mass is 10.1. The van der Waals surface area contributed by atoms with Crippen LogP contribution in [0.2, 0.25) is 0 Å². The first-order valence-corrected chi connectivity index (χ1v) is 10.5. The summed E-state index contributed by atoms with van der Waals surface area (Å²) in [4.78, 5) is 5.26. The predicted molar refractivity (Wildman–Crippen MR) is 121 cm³/mol.